The van der Waals surface area contributed by atoms with Crippen molar-refractivity contribution in [3.63, 3.8) is 0 Å². The first-order valence-corrected chi connectivity index (χ1v) is 6.12. The van der Waals surface area contributed by atoms with Crippen molar-refractivity contribution in [3.05, 3.63) is 29.9 Å². The summed E-state index contributed by atoms with van der Waals surface area (Å²) in [7, 11) is 0. The third-order valence-electron chi connectivity index (χ3n) is 3.41. The molecule has 1 heterocycles. The van der Waals surface area contributed by atoms with Crippen molar-refractivity contribution in [1.29, 1.82) is 0 Å². The lowest BCUT2D eigenvalue weighted by molar-refractivity contribution is -0.123. The highest BCUT2D eigenvalue weighted by Gasteiger charge is 2.23. The van der Waals surface area contributed by atoms with Crippen molar-refractivity contribution in [2.75, 3.05) is 0 Å². The Hall–Kier alpha value is -1.58. The number of nitrogens with zero attached hydrogens (tertiary/aromatic N) is 2. The van der Waals surface area contributed by atoms with E-state index in [9.17, 15) is 10.0 Å². The van der Waals surface area contributed by atoms with Gasteiger partial charge in [-0.3, -0.25) is 4.79 Å². The molecule has 2 rings (SSSR count). The van der Waals surface area contributed by atoms with Crippen LogP contribution in [-0.2, 0) is 4.79 Å². The fourth-order valence-corrected chi connectivity index (χ4v) is 2.23. The van der Waals surface area contributed by atoms with E-state index in [1.54, 1.807) is 18.2 Å². The average molecular weight is 234 g/mol. The summed E-state index contributed by atoms with van der Waals surface area (Å²) < 4.78 is 0.878. The molecule has 0 spiro atoms. The highest BCUT2D eigenvalue weighted by Crippen LogP contribution is 2.28. The van der Waals surface area contributed by atoms with E-state index in [2.05, 4.69) is 11.9 Å². The molecular formula is C13H18N2O2. The molecule has 4 heteroatoms. The maximum absolute atomic E-state index is 11.9. The van der Waals surface area contributed by atoms with Gasteiger partial charge in [0.25, 0.3) is 5.91 Å². The van der Waals surface area contributed by atoms with E-state index >= 15 is 0 Å². The molecule has 17 heavy (non-hydrogen) atoms. The molecule has 1 aliphatic rings. The summed E-state index contributed by atoms with van der Waals surface area (Å²) in [4.78, 5) is 15.9. The van der Waals surface area contributed by atoms with Crippen LogP contribution in [0.25, 0.3) is 0 Å². The minimum absolute atomic E-state index is 0.0337. The topological polar surface area (TPSA) is 54.6 Å². The molecule has 0 saturated heterocycles. The van der Waals surface area contributed by atoms with Gasteiger partial charge in [-0.05, 0) is 43.7 Å². The van der Waals surface area contributed by atoms with Gasteiger partial charge in [0, 0.05) is 12.1 Å². The Morgan fingerprint density at radius 2 is 2.06 bits per heavy atom. The zero-order chi connectivity index (χ0) is 12.3. The van der Waals surface area contributed by atoms with Crippen molar-refractivity contribution in [2.24, 2.45) is 16.8 Å². The Bertz CT molecular complexity index is 456. The smallest absolute Gasteiger partial charge is 0.250 e. The molecule has 1 aliphatic carbocycles. The maximum Gasteiger partial charge on any atom is 0.250 e. The number of aromatic nitrogens is 1. The van der Waals surface area contributed by atoms with Crippen molar-refractivity contribution in [3.8, 4) is 0 Å². The number of hydrogen-bond acceptors (Lipinski definition) is 2. The minimum Gasteiger partial charge on any atom is -0.427 e. The van der Waals surface area contributed by atoms with E-state index in [0.717, 1.165) is 36.3 Å². The van der Waals surface area contributed by atoms with Gasteiger partial charge in [0.05, 0.1) is 0 Å². The quantitative estimate of drug-likeness (QED) is 0.755. The summed E-state index contributed by atoms with van der Waals surface area (Å²) in [5.74, 6) is 0.649. The first kappa shape index (κ1) is 11.9. The van der Waals surface area contributed by atoms with Gasteiger partial charge in [0.15, 0.2) is 5.49 Å². The summed E-state index contributed by atoms with van der Waals surface area (Å²) in [5, 5.41) is 9.47. The molecule has 1 aromatic heterocycles. The van der Waals surface area contributed by atoms with E-state index in [-0.39, 0.29) is 11.8 Å². The lowest BCUT2D eigenvalue weighted by Crippen LogP contribution is -2.24. The molecule has 0 bridgehead atoms. The molecule has 0 aliphatic heterocycles. The Kier molecular flexibility index (Phi) is 3.61. The molecule has 1 aromatic rings. The third kappa shape index (κ3) is 2.96. The van der Waals surface area contributed by atoms with Crippen LogP contribution in [0.15, 0.2) is 29.4 Å². The molecule has 1 saturated carbocycles. The number of rotatable bonds is 1. The Morgan fingerprint density at radius 1 is 1.35 bits per heavy atom. The monoisotopic (exact) mass is 234 g/mol. The number of amides is 1. The summed E-state index contributed by atoms with van der Waals surface area (Å²) >= 11 is 0. The van der Waals surface area contributed by atoms with E-state index in [4.69, 9.17) is 0 Å². The lowest BCUT2D eigenvalue weighted by atomic mass is 9.83. The predicted octanol–water partition coefficient (Wildman–Crippen LogP) is 1.98. The molecular weight excluding hydrogens is 216 g/mol. The summed E-state index contributed by atoms with van der Waals surface area (Å²) in [5.41, 5.74) is 0.302. The second-order valence-electron chi connectivity index (χ2n) is 4.81. The van der Waals surface area contributed by atoms with Crippen LogP contribution in [0.5, 0.6) is 0 Å². The van der Waals surface area contributed by atoms with Crippen LogP contribution in [-0.4, -0.2) is 15.8 Å². The van der Waals surface area contributed by atoms with Crippen LogP contribution >= 0.6 is 0 Å². The van der Waals surface area contributed by atoms with Crippen molar-refractivity contribution >= 4 is 5.91 Å². The van der Waals surface area contributed by atoms with Gasteiger partial charge >= 0.3 is 0 Å². The molecule has 1 amide bonds. The van der Waals surface area contributed by atoms with Gasteiger partial charge in [-0.1, -0.05) is 13.0 Å². The summed E-state index contributed by atoms with van der Waals surface area (Å²) in [6, 6.07) is 5.07. The lowest BCUT2D eigenvalue weighted by Gasteiger charge is -2.23. The molecule has 92 valence electrons. The van der Waals surface area contributed by atoms with Crippen LogP contribution in [0, 0.1) is 11.8 Å². The third-order valence-corrected chi connectivity index (χ3v) is 3.41. The van der Waals surface area contributed by atoms with Crippen molar-refractivity contribution in [2.45, 2.75) is 32.6 Å². The van der Waals surface area contributed by atoms with E-state index in [1.165, 1.54) is 6.20 Å². The predicted molar refractivity (Wildman–Crippen MR) is 63.3 cm³/mol. The Balaban J connectivity index is 2.12. The van der Waals surface area contributed by atoms with Crippen LogP contribution in [0.3, 0.4) is 0 Å². The summed E-state index contributed by atoms with van der Waals surface area (Å²) in [6.45, 7) is 2.22. The van der Waals surface area contributed by atoms with Gasteiger partial charge in [-0.15, -0.1) is 0 Å². The number of pyridine rings is 1. The van der Waals surface area contributed by atoms with Crippen LogP contribution in [0.2, 0.25) is 0 Å². The largest absolute Gasteiger partial charge is 0.427 e. The zero-order valence-electron chi connectivity index (χ0n) is 10.0. The Labute approximate surface area is 101 Å². The van der Waals surface area contributed by atoms with Gasteiger partial charge < -0.3 is 5.21 Å². The Morgan fingerprint density at radius 3 is 2.71 bits per heavy atom. The van der Waals surface area contributed by atoms with Gasteiger partial charge in [-0.25, -0.2) is 0 Å². The maximum atomic E-state index is 11.9. The summed E-state index contributed by atoms with van der Waals surface area (Å²) in [6.07, 6.45) is 5.50. The van der Waals surface area contributed by atoms with Crippen LogP contribution < -0.4 is 5.49 Å². The van der Waals surface area contributed by atoms with E-state index < -0.39 is 0 Å². The van der Waals surface area contributed by atoms with Crippen molar-refractivity contribution < 1.29 is 10.0 Å². The average Bonchev–Trinajstić information content (AvgIpc) is 2.33. The zero-order valence-corrected chi connectivity index (χ0v) is 10.0. The highest BCUT2D eigenvalue weighted by atomic mass is 16.5. The van der Waals surface area contributed by atoms with Crippen molar-refractivity contribution in [1.82, 2.24) is 4.73 Å². The molecule has 1 fully saturated rings. The molecule has 0 aromatic carbocycles. The fourth-order valence-electron chi connectivity index (χ4n) is 2.23. The number of carbonyl (C=O) groups is 1. The standard InChI is InChI=1S/C13H18N2O2/c1-10-5-7-11(8-6-10)13(16)14-12-4-2-3-9-15(12)17/h2-4,9-11,17H,5-8H2,1H3. The van der Waals surface area contributed by atoms with Gasteiger partial charge in [0.2, 0.25) is 0 Å². The normalized spacial score (nSPS) is 25.8. The van der Waals surface area contributed by atoms with E-state index in [0.29, 0.717) is 5.49 Å². The first-order chi connectivity index (χ1) is 8.16. The molecule has 0 unspecified atom stereocenters. The van der Waals surface area contributed by atoms with Gasteiger partial charge in [-0.2, -0.15) is 9.72 Å². The molecule has 0 radical (unpaired) electrons. The molecule has 0 atom stereocenters. The van der Waals surface area contributed by atoms with Gasteiger partial charge in [0.1, 0.15) is 0 Å². The molecule has 1 N–H and O–H groups in total. The fraction of sp³-hybridized carbons (Fsp3) is 0.538. The van der Waals surface area contributed by atoms with Crippen LogP contribution in [0.4, 0.5) is 0 Å². The SMILES string of the molecule is CC1CCC(C(=O)N=c2ccccn2O)CC1. The van der Waals surface area contributed by atoms with Crippen LogP contribution in [0.1, 0.15) is 32.6 Å². The number of hydrogen-bond donors (Lipinski definition) is 1. The second kappa shape index (κ2) is 5.17. The minimum atomic E-state index is -0.106. The number of carbonyl (C=O) groups excluding carboxylic acids is 1. The molecule has 4 nitrogen and oxygen atoms in total. The highest BCUT2D eigenvalue weighted by molar-refractivity contribution is 5.79. The van der Waals surface area contributed by atoms with E-state index in [1.807, 2.05) is 0 Å². The first-order valence-electron chi connectivity index (χ1n) is 6.12. The second-order valence-corrected chi connectivity index (χ2v) is 4.81.